The molecular weight excluding hydrogens is 560 g/mol. The fourth-order valence-electron chi connectivity index (χ4n) is 7.35. The Hall–Kier alpha value is -5.93. The minimum atomic E-state index is -0.158. The molecule has 218 valence electrons. The van der Waals surface area contributed by atoms with Crippen molar-refractivity contribution in [1.82, 2.24) is 0 Å². The average Bonchev–Trinajstić information content (AvgIpc) is 3.50. The monoisotopic (exact) mass is 590 g/mol. The van der Waals surface area contributed by atoms with Gasteiger partial charge in [0.25, 0.3) is 0 Å². The zero-order valence-electron chi connectivity index (χ0n) is 25.4. The van der Waals surface area contributed by atoms with Crippen molar-refractivity contribution in [2.75, 3.05) is 0 Å². The second-order valence-electron chi connectivity index (χ2n) is 12.1. The van der Waals surface area contributed by atoms with Gasteiger partial charge in [0, 0.05) is 16.3 Å². The van der Waals surface area contributed by atoms with Gasteiger partial charge >= 0.3 is 0 Å². The second kappa shape index (κ2) is 10.3. The van der Waals surface area contributed by atoms with Crippen molar-refractivity contribution >= 4 is 70.9 Å². The molecule has 1 heterocycles. The quantitative estimate of drug-likeness (QED) is 0.126. The molecule has 3 heteroatoms. The number of para-hydroxylation sites is 1. The molecule has 9 aromatic rings. The average molecular weight is 591 g/mol. The summed E-state index contributed by atoms with van der Waals surface area (Å²) in [6.45, 7) is 2.10. The summed E-state index contributed by atoms with van der Waals surface area (Å²) in [5, 5.41) is 12.3. The summed E-state index contributed by atoms with van der Waals surface area (Å²) >= 11 is 0. The summed E-state index contributed by atoms with van der Waals surface area (Å²) in [4.78, 5) is 5.03. The highest BCUT2D eigenvalue weighted by Gasteiger charge is 2.17. The summed E-state index contributed by atoms with van der Waals surface area (Å²) < 4.78 is 6.13. The first-order valence-electron chi connectivity index (χ1n) is 15.7. The van der Waals surface area contributed by atoms with E-state index >= 15 is 0 Å². The van der Waals surface area contributed by atoms with Gasteiger partial charge in [-0.15, -0.1) is 0 Å². The lowest BCUT2D eigenvalue weighted by molar-refractivity contribution is 0.668. The van der Waals surface area contributed by atoms with E-state index < -0.39 is 0 Å². The number of nitrogens with two attached hydrogens (primary N) is 1. The minimum Gasteiger partial charge on any atom is -0.456 e. The largest absolute Gasteiger partial charge is 0.456 e. The first-order valence-corrected chi connectivity index (χ1v) is 15.7. The summed E-state index contributed by atoms with van der Waals surface area (Å²) in [5.74, 6) is 0.515. The van der Waals surface area contributed by atoms with E-state index in [0.29, 0.717) is 5.84 Å². The topological polar surface area (TPSA) is 51.5 Å². The van der Waals surface area contributed by atoms with Crippen molar-refractivity contribution in [3.63, 3.8) is 0 Å². The summed E-state index contributed by atoms with van der Waals surface area (Å²) in [7, 11) is 0. The van der Waals surface area contributed by atoms with Crippen LogP contribution in [0.1, 0.15) is 24.1 Å². The Balaban J connectivity index is 1.21. The highest BCUT2D eigenvalue weighted by molar-refractivity contribution is 6.33. The van der Waals surface area contributed by atoms with E-state index in [-0.39, 0.29) is 6.04 Å². The second-order valence-corrected chi connectivity index (χ2v) is 12.1. The number of aliphatic imine (C=N–C) groups is 1. The molecule has 0 saturated heterocycles. The van der Waals surface area contributed by atoms with Crippen LogP contribution in [-0.4, -0.2) is 5.84 Å². The molecule has 46 heavy (non-hydrogen) atoms. The maximum Gasteiger partial charge on any atom is 0.135 e. The van der Waals surface area contributed by atoms with Crippen molar-refractivity contribution in [2.45, 2.75) is 13.0 Å². The van der Waals surface area contributed by atoms with Crippen LogP contribution in [0.4, 0.5) is 0 Å². The number of nitrogens with zero attached hydrogens (tertiary/aromatic N) is 1. The first kappa shape index (κ1) is 26.5. The Bertz CT molecular complexity index is 2680. The lowest BCUT2D eigenvalue weighted by atomic mass is 9.87. The molecule has 9 rings (SSSR count). The standard InChI is InChI=1S/C43H30N2O/c1-26(29-21-11-23-40-42(29)36-20-8-9-22-39(36)46-40)45-43(44)28-13-10-12-27(24-28)37-25-38-32-16-3-2-14-30(32)31-15-4-6-18-34(31)41(38)35-19-7-5-17-33(35)37/h2-26H,1H3,(H2,44,45). The predicted octanol–water partition coefficient (Wildman–Crippen LogP) is 11.3. The van der Waals surface area contributed by atoms with Crippen molar-refractivity contribution in [3.05, 3.63) is 157 Å². The predicted molar refractivity (Wildman–Crippen MR) is 195 cm³/mol. The Morgan fingerprint density at radius 2 is 1.09 bits per heavy atom. The first-order chi connectivity index (χ1) is 22.7. The highest BCUT2D eigenvalue weighted by Crippen LogP contribution is 2.43. The van der Waals surface area contributed by atoms with Crippen LogP contribution >= 0.6 is 0 Å². The van der Waals surface area contributed by atoms with E-state index in [1.807, 2.05) is 30.3 Å². The zero-order chi connectivity index (χ0) is 30.8. The van der Waals surface area contributed by atoms with Crippen LogP contribution in [0.5, 0.6) is 0 Å². The van der Waals surface area contributed by atoms with Crippen molar-refractivity contribution < 1.29 is 4.42 Å². The van der Waals surface area contributed by atoms with Crippen LogP contribution < -0.4 is 5.73 Å². The normalized spacial score (nSPS) is 13.0. The fraction of sp³-hybridized carbons (Fsp3) is 0.0465. The molecule has 0 saturated carbocycles. The van der Waals surface area contributed by atoms with Crippen LogP contribution in [0.15, 0.2) is 155 Å². The van der Waals surface area contributed by atoms with Gasteiger partial charge < -0.3 is 10.2 Å². The van der Waals surface area contributed by atoms with E-state index in [2.05, 4.69) is 122 Å². The molecule has 1 unspecified atom stereocenters. The Labute approximate surface area is 266 Å². The van der Waals surface area contributed by atoms with Gasteiger partial charge in [0.15, 0.2) is 0 Å². The van der Waals surface area contributed by atoms with Crippen LogP contribution in [0.3, 0.4) is 0 Å². The number of amidine groups is 1. The Morgan fingerprint density at radius 3 is 1.85 bits per heavy atom. The third-order valence-corrected chi connectivity index (χ3v) is 9.44. The Kier molecular flexibility index (Phi) is 5.94. The number of hydrogen-bond acceptors (Lipinski definition) is 2. The van der Waals surface area contributed by atoms with Gasteiger partial charge in [0.2, 0.25) is 0 Å². The van der Waals surface area contributed by atoms with Crippen molar-refractivity contribution in [2.24, 2.45) is 10.7 Å². The summed E-state index contributed by atoms with van der Waals surface area (Å²) in [6.07, 6.45) is 0. The van der Waals surface area contributed by atoms with Crippen LogP contribution in [0.25, 0.3) is 76.2 Å². The van der Waals surface area contributed by atoms with Gasteiger partial charge in [-0.25, -0.2) is 0 Å². The van der Waals surface area contributed by atoms with E-state index in [1.165, 1.54) is 48.7 Å². The molecule has 0 amide bonds. The summed E-state index contributed by atoms with van der Waals surface area (Å²) in [6, 6.07) is 51.3. The number of hydrogen-bond donors (Lipinski definition) is 1. The molecule has 0 fully saturated rings. The van der Waals surface area contributed by atoms with Gasteiger partial charge in [0.1, 0.15) is 17.0 Å². The van der Waals surface area contributed by atoms with E-state index in [4.69, 9.17) is 15.1 Å². The fourth-order valence-corrected chi connectivity index (χ4v) is 7.35. The molecule has 0 aliphatic carbocycles. The molecule has 2 N–H and O–H groups in total. The number of benzene rings is 8. The molecule has 0 aliphatic rings. The molecule has 0 radical (unpaired) electrons. The van der Waals surface area contributed by atoms with Crippen LogP contribution in [-0.2, 0) is 0 Å². The van der Waals surface area contributed by atoms with Crippen molar-refractivity contribution in [3.8, 4) is 11.1 Å². The molecule has 1 atom stereocenters. The van der Waals surface area contributed by atoms with Crippen LogP contribution in [0.2, 0.25) is 0 Å². The molecule has 0 aliphatic heterocycles. The lowest BCUT2D eigenvalue weighted by Gasteiger charge is -2.16. The molecule has 3 nitrogen and oxygen atoms in total. The third kappa shape index (κ3) is 4.02. The molecular formula is C43H30N2O. The maximum atomic E-state index is 6.78. The smallest absolute Gasteiger partial charge is 0.135 e. The minimum absolute atomic E-state index is 0.158. The maximum absolute atomic E-state index is 6.78. The number of fused-ring (bicyclic) bond motifs is 11. The van der Waals surface area contributed by atoms with E-state index in [1.54, 1.807) is 0 Å². The highest BCUT2D eigenvalue weighted by atomic mass is 16.3. The third-order valence-electron chi connectivity index (χ3n) is 9.44. The van der Waals surface area contributed by atoms with Gasteiger partial charge in [0.05, 0.1) is 6.04 Å². The molecule has 8 aromatic carbocycles. The molecule has 0 spiro atoms. The molecule has 1 aromatic heterocycles. The van der Waals surface area contributed by atoms with Gasteiger partial charge in [-0.3, -0.25) is 4.99 Å². The number of furan rings is 1. The van der Waals surface area contributed by atoms with Gasteiger partial charge in [-0.1, -0.05) is 121 Å². The van der Waals surface area contributed by atoms with Crippen LogP contribution in [0, 0.1) is 0 Å². The lowest BCUT2D eigenvalue weighted by Crippen LogP contribution is -2.14. The van der Waals surface area contributed by atoms with E-state index in [0.717, 1.165) is 38.6 Å². The number of rotatable bonds is 4. The zero-order valence-corrected chi connectivity index (χ0v) is 25.4. The summed E-state index contributed by atoms with van der Waals surface area (Å²) in [5.41, 5.74) is 12.8. The van der Waals surface area contributed by atoms with Gasteiger partial charge in [-0.2, -0.15) is 0 Å². The van der Waals surface area contributed by atoms with Crippen molar-refractivity contribution in [1.29, 1.82) is 0 Å². The Morgan fingerprint density at radius 1 is 0.522 bits per heavy atom. The SMILES string of the molecule is CC(N=C(N)c1cccc(-c2cc3c4ccccc4c4ccccc4c3c3ccccc23)c1)c1cccc2oc3ccccc3c12. The van der Waals surface area contributed by atoms with E-state index in [9.17, 15) is 0 Å². The van der Waals surface area contributed by atoms with Gasteiger partial charge in [-0.05, 0) is 91.0 Å². The molecule has 0 bridgehead atoms.